The van der Waals surface area contributed by atoms with E-state index < -0.39 is 12.2 Å². The molecule has 0 saturated heterocycles. The summed E-state index contributed by atoms with van der Waals surface area (Å²) in [5.41, 5.74) is 2.86. The first kappa shape index (κ1) is 22.2. The van der Waals surface area contributed by atoms with E-state index in [2.05, 4.69) is 6.58 Å². The lowest BCUT2D eigenvalue weighted by Gasteiger charge is -2.27. The number of phenols is 1. The summed E-state index contributed by atoms with van der Waals surface area (Å²) in [6.45, 7) is 7.64. The fraction of sp³-hybridized carbons (Fsp3) is 0.333. The Morgan fingerprint density at radius 3 is 2.36 bits per heavy atom. The molecule has 0 aromatic heterocycles. The summed E-state index contributed by atoms with van der Waals surface area (Å²) < 4.78 is 0. The smallest absolute Gasteiger partial charge is 0.117 e. The van der Waals surface area contributed by atoms with Crippen LogP contribution in [0, 0.1) is 11.8 Å². The van der Waals surface area contributed by atoms with Gasteiger partial charge in [-0.3, -0.25) is 0 Å². The zero-order chi connectivity index (χ0) is 20.7. The average molecular weight is 401 g/mol. The second-order valence-corrected chi connectivity index (χ2v) is 7.80. The minimum Gasteiger partial charge on any atom is -0.508 e. The lowest BCUT2D eigenvalue weighted by atomic mass is 9.85. The van der Waals surface area contributed by atoms with Gasteiger partial charge in [-0.1, -0.05) is 61.9 Å². The maximum Gasteiger partial charge on any atom is 0.117 e. The minimum atomic E-state index is -0.697. The minimum absolute atomic E-state index is 0.0394. The summed E-state index contributed by atoms with van der Waals surface area (Å²) in [5.74, 6) is -0.220. The Balaban J connectivity index is 2.26. The van der Waals surface area contributed by atoms with Crippen LogP contribution in [0.2, 0.25) is 5.02 Å². The van der Waals surface area contributed by atoms with Gasteiger partial charge in [-0.05, 0) is 59.7 Å². The molecule has 0 aliphatic heterocycles. The Hall–Kier alpha value is -2.07. The van der Waals surface area contributed by atoms with Crippen molar-refractivity contribution in [3.63, 3.8) is 0 Å². The van der Waals surface area contributed by atoms with Gasteiger partial charge in [0.15, 0.2) is 0 Å². The Morgan fingerprint density at radius 1 is 1.11 bits per heavy atom. The maximum atomic E-state index is 10.7. The molecule has 150 valence electrons. The number of hydrogen-bond donors (Lipinski definition) is 3. The van der Waals surface area contributed by atoms with E-state index in [1.54, 1.807) is 18.2 Å². The summed E-state index contributed by atoms with van der Waals surface area (Å²) in [5, 5.41) is 31.1. The van der Waals surface area contributed by atoms with Crippen molar-refractivity contribution in [3.8, 4) is 5.75 Å². The highest BCUT2D eigenvalue weighted by atomic mass is 35.5. The third-order valence-electron chi connectivity index (χ3n) is 4.96. The molecule has 0 heterocycles. The van der Waals surface area contributed by atoms with Gasteiger partial charge in [0.05, 0.1) is 17.2 Å². The highest BCUT2D eigenvalue weighted by Crippen LogP contribution is 2.30. The Kier molecular flexibility index (Phi) is 8.31. The molecule has 3 nitrogen and oxygen atoms in total. The van der Waals surface area contributed by atoms with Crippen molar-refractivity contribution in [1.29, 1.82) is 0 Å². The Bertz CT molecular complexity index is 799. The summed E-state index contributed by atoms with van der Waals surface area (Å²) >= 11 is 6.27. The summed E-state index contributed by atoms with van der Waals surface area (Å²) in [7, 11) is 0. The van der Waals surface area contributed by atoms with Crippen LogP contribution in [0.5, 0.6) is 5.75 Å². The van der Waals surface area contributed by atoms with E-state index in [4.69, 9.17) is 11.6 Å². The van der Waals surface area contributed by atoms with Crippen LogP contribution in [0.1, 0.15) is 37.8 Å². The molecule has 0 radical (unpaired) electrons. The van der Waals surface area contributed by atoms with E-state index >= 15 is 0 Å². The quantitative estimate of drug-likeness (QED) is 0.382. The van der Waals surface area contributed by atoms with E-state index in [0.29, 0.717) is 17.9 Å². The number of allylic oxidation sites excluding steroid dienone is 1. The molecule has 0 amide bonds. The van der Waals surface area contributed by atoms with Crippen LogP contribution in [0.15, 0.2) is 61.2 Å². The summed E-state index contributed by atoms with van der Waals surface area (Å²) in [6, 6.07) is 14.8. The molecule has 0 bridgehead atoms. The molecule has 2 aromatic rings. The third-order valence-corrected chi connectivity index (χ3v) is 5.29. The first-order chi connectivity index (χ1) is 13.3. The molecule has 28 heavy (non-hydrogen) atoms. The fourth-order valence-electron chi connectivity index (χ4n) is 3.24. The number of aliphatic hydroxyl groups excluding tert-OH is 2. The van der Waals surface area contributed by atoms with Gasteiger partial charge in [0, 0.05) is 5.92 Å². The van der Waals surface area contributed by atoms with Gasteiger partial charge in [-0.25, -0.2) is 0 Å². The van der Waals surface area contributed by atoms with E-state index in [-0.39, 0.29) is 17.6 Å². The van der Waals surface area contributed by atoms with E-state index in [9.17, 15) is 15.3 Å². The average Bonchev–Trinajstić information content (AvgIpc) is 2.67. The normalized spacial score (nSPS) is 15.3. The van der Waals surface area contributed by atoms with Crippen LogP contribution in [0.4, 0.5) is 0 Å². The van der Waals surface area contributed by atoms with Gasteiger partial charge in [-0.15, -0.1) is 6.58 Å². The Morgan fingerprint density at radius 2 is 1.79 bits per heavy atom. The van der Waals surface area contributed by atoms with Crippen LogP contribution in [0.25, 0.3) is 11.6 Å². The number of aliphatic hydroxyl groups is 2. The highest BCUT2D eigenvalue weighted by Gasteiger charge is 2.26. The molecule has 3 N–H and O–H groups in total. The standard InChI is InChI=1S/C24H29ClO3/c1-4-21(24(28)16(2)3)23(27)13-11-18(17-8-6-5-7-9-17)14-19-10-12-20(26)15-22(19)25/h4-10,12,14-16,21,23-24,26-28H,1,11,13H2,2-3H3/b18-14-/t21-,23-,24-/m1/s1. The number of halogens is 1. The maximum absolute atomic E-state index is 10.7. The van der Waals surface area contributed by atoms with Crippen molar-refractivity contribution in [3.05, 3.63) is 77.3 Å². The van der Waals surface area contributed by atoms with E-state index in [1.165, 1.54) is 6.07 Å². The lowest BCUT2D eigenvalue weighted by molar-refractivity contribution is 0.00939. The van der Waals surface area contributed by atoms with Crippen LogP contribution >= 0.6 is 11.6 Å². The van der Waals surface area contributed by atoms with Crippen LogP contribution in [0.3, 0.4) is 0 Å². The summed E-state index contributed by atoms with van der Waals surface area (Å²) in [4.78, 5) is 0. The summed E-state index contributed by atoms with van der Waals surface area (Å²) in [6.07, 6.45) is 3.37. The SMILES string of the molecule is C=C[C@H]([C@H](O)CC/C(=C/c1ccc(O)cc1Cl)c1ccccc1)[C@H](O)C(C)C. The number of rotatable bonds is 9. The van der Waals surface area contributed by atoms with E-state index in [0.717, 1.165) is 16.7 Å². The predicted molar refractivity (Wildman–Crippen MR) is 117 cm³/mol. The van der Waals surface area contributed by atoms with E-state index in [1.807, 2.05) is 50.3 Å². The molecular weight excluding hydrogens is 372 g/mol. The number of benzene rings is 2. The van der Waals surface area contributed by atoms with Gasteiger partial charge >= 0.3 is 0 Å². The van der Waals surface area contributed by atoms with Crippen molar-refractivity contribution < 1.29 is 15.3 Å². The lowest BCUT2D eigenvalue weighted by Crippen LogP contribution is -2.33. The highest BCUT2D eigenvalue weighted by molar-refractivity contribution is 6.32. The monoisotopic (exact) mass is 400 g/mol. The molecule has 0 aliphatic carbocycles. The van der Waals surface area contributed by atoms with Crippen LogP contribution in [-0.2, 0) is 0 Å². The first-order valence-corrected chi connectivity index (χ1v) is 9.94. The molecular formula is C24H29ClO3. The first-order valence-electron chi connectivity index (χ1n) is 9.56. The largest absolute Gasteiger partial charge is 0.508 e. The van der Waals surface area contributed by atoms with Crippen molar-refractivity contribution >= 4 is 23.3 Å². The number of phenolic OH excluding ortho intramolecular Hbond substituents is 1. The van der Waals surface area contributed by atoms with Gasteiger partial charge in [0.25, 0.3) is 0 Å². The van der Waals surface area contributed by atoms with Crippen molar-refractivity contribution in [2.45, 2.75) is 38.9 Å². The molecule has 0 saturated carbocycles. The van der Waals surface area contributed by atoms with Crippen molar-refractivity contribution in [2.24, 2.45) is 11.8 Å². The fourth-order valence-corrected chi connectivity index (χ4v) is 3.47. The molecule has 0 aliphatic rings. The zero-order valence-corrected chi connectivity index (χ0v) is 17.2. The second-order valence-electron chi connectivity index (χ2n) is 7.40. The number of hydrogen-bond acceptors (Lipinski definition) is 3. The number of aromatic hydroxyl groups is 1. The van der Waals surface area contributed by atoms with Gasteiger partial charge in [-0.2, -0.15) is 0 Å². The van der Waals surface area contributed by atoms with Gasteiger partial charge in [0.2, 0.25) is 0 Å². The topological polar surface area (TPSA) is 60.7 Å². The molecule has 2 aromatic carbocycles. The second kappa shape index (κ2) is 10.5. The van der Waals surface area contributed by atoms with Crippen LogP contribution < -0.4 is 0 Å². The molecule has 0 fully saturated rings. The molecule has 0 spiro atoms. The van der Waals surface area contributed by atoms with Crippen molar-refractivity contribution in [1.82, 2.24) is 0 Å². The van der Waals surface area contributed by atoms with Crippen molar-refractivity contribution in [2.75, 3.05) is 0 Å². The predicted octanol–water partition coefficient (Wildman–Crippen LogP) is 5.55. The van der Waals surface area contributed by atoms with Gasteiger partial charge in [0.1, 0.15) is 5.75 Å². The molecule has 0 unspecified atom stereocenters. The molecule has 3 atom stereocenters. The van der Waals surface area contributed by atoms with Crippen LogP contribution in [-0.4, -0.2) is 27.5 Å². The molecule has 2 rings (SSSR count). The Labute approximate surface area is 172 Å². The third kappa shape index (κ3) is 5.96. The van der Waals surface area contributed by atoms with Gasteiger partial charge < -0.3 is 15.3 Å². The molecule has 4 heteroatoms. The zero-order valence-electron chi connectivity index (χ0n) is 16.4.